The summed E-state index contributed by atoms with van der Waals surface area (Å²) in [7, 11) is 0. The van der Waals surface area contributed by atoms with Gasteiger partial charge in [0.05, 0.1) is 12.0 Å². The molecule has 1 aliphatic rings. The van der Waals surface area contributed by atoms with Crippen LogP contribution < -0.4 is 10.6 Å². The predicted octanol–water partition coefficient (Wildman–Crippen LogP) is 4.54. The van der Waals surface area contributed by atoms with Gasteiger partial charge in [0.25, 0.3) is 5.91 Å². The standard InChI is InChI=1S/C26H25N5O3/c1-3-34-26(33)22-14-20-23(27-15-28-24(20)31(22)19-7-5-4-6-8-19)30-21-13-17(10-9-16(21)2)25(32)29-18-11-12-18/h4-10,13-15,18H,3,11-12H2,1-2H3,(H,29,32)(H,27,28,30). The highest BCUT2D eigenvalue weighted by atomic mass is 16.5. The monoisotopic (exact) mass is 455 g/mol. The van der Waals surface area contributed by atoms with E-state index in [9.17, 15) is 9.59 Å². The number of nitrogens with one attached hydrogen (secondary N) is 2. The largest absolute Gasteiger partial charge is 0.461 e. The summed E-state index contributed by atoms with van der Waals surface area (Å²) >= 11 is 0. The zero-order valence-corrected chi connectivity index (χ0v) is 19.0. The van der Waals surface area contributed by atoms with Crippen LogP contribution in [0.5, 0.6) is 0 Å². The number of aromatic nitrogens is 3. The number of carbonyl (C=O) groups excluding carboxylic acids is 2. The molecule has 0 spiro atoms. The maximum absolute atomic E-state index is 12.8. The first-order valence-electron chi connectivity index (χ1n) is 11.3. The Morgan fingerprint density at radius 2 is 1.88 bits per heavy atom. The summed E-state index contributed by atoms with van der Waals surface area (Å²) in [5.74, 6) is 0.0107. The van der Waals surface area contributed by atoms with Gasteiger partial charge in [0.15, 0.2) is 5.65 Å². The number of anilines is 2. The Morgan fingerprint density at radius 1 is 1.09 bits per heavy atom. The van der Waals surface area contributed by atoms with Crippen molar-refractivity contribution in [1.82, 2.24) is 19.9 Å². The molecule has 2 aromatic carbocycles. The number of ether oxygens (including phenoxy) is 1. The van der Waals surface area contributed by atoms with Crippen molar-refractivity contribution in [3.8, 4) is 5.69 Å². The number of nitrogens with zero attached hydrogens (tertiary/aromatic N) is 3. The molecule has 0 aliphatic heterocycles. The summed E-state index contributed by atoms with van der Waals surface area (Å²) in [6, 6.07) is 17.1. The van der Waals surface area contributed by atoms with Gasteiger partial charge in [0, 0.05) is 23.0 Å². The van der Waals surface area contributed by atoms with Crippen molar-refractivity contribution >= 4 is 34.4 Å². The third kappa shape index (κ3) is 4.22. The Kier molecular flexibility index (Phi) is 5.71. The minimum atomic E-state index is -0.440. The molecule has 34 heavy (non-hydrogen) atoms. The SMILES string of the molecule is CCOC(=O)c1cc2c(Nc3cc(C(=O)NC4CC4)ccc3C)ncnc2n1-c1ccccc1. The molecule has 8 nitrogen and oxygen atoms in total. The molecule has 0 radical (unpaired) electrons. The second-order valence-corrected chi connectivity index (χ2v) is 8.28. The fourth-order valence-corrected chi connectivity index (χ4v) is 3.83. The van der Waals surface area contributed by atoms with Crippen LogP contribution in [0.4, 0.5) is 11.5 Å². The van der Waals surface area contributed by atoms with Gasteiger partial charge in [-0.15, -0.1) is 0 Å². The average Bonchev–Trinajstić information content (AvgIpc) is 3.57. The molecule has 0 saturated heterocycles. The van der Waals surface area contributed by atoms with Gasteiger partial charge in [0.1, 0.15) is 17.8 Å². The van der Waals surface area contributed by atoms with Crippen molar-refractivity contribution in [3.63, 3.8) is 0 Å². The molecule has 2 aromatic heterocycles. The summed E-state index contributed by atoms with van der Waals surface area (Å²) in [4.78, 5) is 34.2. The number of esters is 1. The van der Waals surface area contributed by atoms with Gasteiger partial charge in [-0.2, -0.15) is 0 Å². The van der Waals surface area contributed by atoms with Crippen molar-refractivity contribution in [2.75, 3.05) is 11.9 Å². The summed E-state index contributed by atoms with van der Waals surface area (Å²) in [6.07, 6.45) is 3.52. The van der Waals surface area contributed by atoms with Gasteiger partial charge < -0.3 is 15.4 Å². The minimum absolute atomic E-state index is 0.0850. The molecule has 2 heterocycles. The zero-order valence-electron chi connectivity index (χ0n) is 19.0. The van der Waals surface area contributed by atoms with E-state index < -0.39 is 5.97 Å². The highest BCUT2D eigenvalue weighted by Gasteiger charge is 2.24. The Balaban J connectivity index is 1.57. The highest BCUT2D eigenvalue weighted by molar-refractivity contribution is 6.00. The molecule has 2 N–H and O–H groups in total. The lowest BCUT2D eigenvalue weighted by molar-refractivity contribution is 0.0517. The normalized spacial score (nSPS) is 13.0. The maximum Gasteiger partial charge on any atom is 0.355 e. The lowest BCUT2D eigenvalue weighted by Crippen LogP contribution is -2.25. The average molecular weight is 456 g/mol. The molecule has 1 saturated carbocycles. The molecule has 0 atom stereocenters. The fourth-order valence-electron chi connectivity index (χ4n) is 3.83. The molecule has 1 amide bonds. The fraction of sp³-hybridized carbons (Fsp3) is 0.231. The van der Waals surface area contributed by atoms with Crippen LogP contribution in [0.1, 0.15) is 46.2 Å². The Bertz CT molecular complexity index is 1380. The third-order valence-electron chi connectivity index (χ3n) is 5.76. The van der Waals surface area contributed by atoms with Crippen LogP contribution in [0.15, 0.2) is 60.9 Å². The zero-order chi connectivity index (χ0) is 23.7. The second-order valence-electron chi connectivity index (χ2n) is 8.28. The van der Waals surface area contributed by atoms with Crippen LogP contribution >= 0.6 is 0 Å². The highest BCUT2D eigenvalue weighted by Crippen LogP contribution is 2.31. The van der Waals surface area contributed by atoms with Gasteiger partial charge in [-0.05, 0) is 62.6 Å². The first-order chi connectivity index (χ1) is 16.5. The summed E-state index contributed by atoms with van der Waals surface area (Å²) < 4.78 is 7.07. The second kappa shape index (κ2) is 8.97. The topological polar surface area (TPSA) is 98.1 Å². The number of rotatable bonds is 7. The van der Waals surface area contributed by atoms with Gasteiger partial charge in [0.2, 0.25) is 0 Å². The molecule has 0 unspecified atom stereocenters. The van der Waals surface area contributed by atoms with Gasteiger partial charge in [-0.25, -0.2) is 14.8 Å². The molecule has 8 heteroatoms. The van der Waals surface area contributed by atoms with Crippen molar-refractivity contribution in [2.24, 2.45) is 0 Å². The number of carbonyl (C=O) groups is 2. The quantitative estimate of drug-likeness (QED) is 0.397. The Hall–Kier alpha value is -4.20. The van der Waals surface area contributed by atoms with E-state index in [4.69, 9.17) is 4.74 Å². The van der Waals surface area contributed by atoms with Gasteiger partial charge in [-0.1, -0.05) is 24.3 Å². The van der Waals surface area contributed by atoms with Crippen molar-refractivity contribution in [1.29, 1.82) is 0 Å². The molecular weight excluding hydrogens is 430 g/mol. The predicted molar refractivity (Wildman–Crippen MR) is 130 cm³/mol. The van der Waals surface area contributed by atoms with Crippen LogP contribution in [0.25, 0.3) is 16.7 Å². The summed E-state index contributed by atoms with van der Waals surface area (Å²) in [6.45, 7) is 4.00. The van der Waals surface area contributed by atoms with Crippen molar-refractivity contribution in [3.05, 3.63) is 77.7 Å². The molecule has 172 valence electrons. The molecule has 5 rings (SSSR count). The molecule has 1 aliphatic carbocycles. The summed E-state index contributed by atoms with van der Waals surface area (Å²) in [5.41, 5.74) is 4.03. The van der Waals surface area contributed by atoms with E-state index in [1.165, 1.54) is 6.33 Å². The van der Waals surface area contributed by atoms with E-state index in [-0.39, 0.29) is 18.6 Å². The van der Waals surface area contributed by atoms with Crippen molar-refractivity contribution < 1.29 is 14.3 Å². The number of amides is 1. The number of benzene rings is 2. The smallest absolute Gasteiger partial charge is 0.355 e. The van der Waals surface area contributed by atoms with Gasteiger partial charge >= 0.3 is 5.97 Å². The van der Waals surface area contributed by atoms with Crippen LogP contribution in [-0.2, 0) is 4.74 Å². The van der Waals surface area contributed by atoms with E-state index in [0.717, 1.165) is 29.8 Å². The van der Waals surface area contributed by atoms with Gasteiger partial charge in [-0.3, -0.25) is 9.36 Å². The number of fused-ring (bicyclic) bond motifs is 1. The van der Waals surface area contributed by atoms with E-state index in [2.05, 4.69) is 20.6 Å². The van der Waals surface area contributed by atoms with E-state index in [0.29, 0.717) is 28.1 Å². The third-order valence-corrected chi connectivity index (χ3v) is 5.76. The molecule has 0 bridgehead atoms. The summed E-state index contributed by atoms with van der Waals surface area (Å²) in [5, 5.41) is 7.03. The van der Waals surface area contributed by atoms with Crippen molar-refractivity contribution in [2.45, 2.75) is 32.7 Å². The van der Waals surface area contributed by atoms with Crippen LogP contribution in [0.3, 0.4) is 0 Å². The number of hydrogen-bond donors (Lipinski definition) is 2. The number of aryl methyl sites for hydroxylation is 1. The first kappa shape index (κ1) is 21.6. The van der Waals surface area contributed by atoms with E-state index in [1.54, 1.807) is 17.6 Å². The lowest BCUT2D eigenvalue weighted by atomic mass is 10.1. The minimum Gasteiger partial charge on any atom is -0.461 e. The molecule has 1 fully saturated rings. The lowest BCUT2D eigenvalue weighted by Gasteiger charge is -2.12. The molecule has 4 aromatic rings. The maximum atomic E-state index is 12.8. The first-order valence-corrected chi connectivity index (χ1v) is 11.3. The molecular formula is C26H25N5O3. The van der Waals surface area contributed by atoms with E-state index in [1.807, 2.05) is 55.5 Å². The number of hydrogen-bond acceptors (Lipinski definition) is 6. The van der Waals surface area contributed by atoms with Crippen LogP contribution in [-0.4, -0.2) is 39.1 Å². The number of para-hydroxylation sites is 1. The van der Waals surface area contributed by atoms with Crippen LogP contribution in [0.2, 0.25) is 0 Å². The van der Waals surface area contributed by atoms with Crippen LogP contribution in [0, 0.1) is 6.92 Å². The van der Waals surface area contributed by atoms with E-state index >= 15 is 0 Å². The Labute approximate surface area is 197 Å². The Morgan fingerprint density at radius 3 is 2.62 bits per heavy atom.